The lowest BCUT2D eigenvalue weighted by molar-refractivity contribution is -0.138. The molecule has 3 atom stereocenters. The fourth-order valence-corrected chi connectivity index (χ4v) is 4.81. The maximum Gasteiger partial charge on any atom is 0.228 e. The molecule has 2 aliphatic rings. The Balaban J connectivity index is 1.70. The zero-order valence-electron chi connectivity index (χ0n) is 18.4. The van der Waals surface area contributed by atoms with Crippen molar-refractivity contribution in [3.63, 3.8) is 0 Å². The second-order valence-electron chi connectivity index (χ2n) is 8.52. The Kier molecular flexibility index (Phi) is 6.16. The van der Waals surface area contributed by atoms with E-state index in [4.69, 9.17) is 9.47 Å². The molecule has 0 saturated carbocycles. The van der Waals surface area contributed by atoms with Crippen LogP contribution in [0.25, 0.3) is 0 Å². The molecule has 2 aliphatic heterocycles. The largest absolute Gasteiger partial charge is 0.497 e. The second kappa shape index (κ2) is 9.00. The highest BCUT2D eigenvalue weighted by Gasteiger charge is 2.46. The quantitative estimate of drug-likeness (QED) is 0.729. The Morgan fingerprint density at radius 3 is 2.16 bits per heavy atom. The zero-order valence-corrected chi connectivity index (χ0v) is 18.4. The normalized spacial score (nSPS) is 23.7. The first-order chi connectivity index (χ1) is 15.0. The number of carbonyl (C=O) groups excluding carboxylic acids is 2. The molecule has 2 saturated heterocycles. The second-order valence-corrected chi connectivity index (χ2v) is 8.52. The molecule has 6 heteroatoms. The summed E-state index contributed by atoms with van der Waals surface area (Å²) in [5.74, 6) is 1.61. The van der Waals surface area contributed by atoms with Crippen LogP contribution in [0.1, 0.15) is 37.8 Å². The average Bonchev–Trinajstić information content (AvgIpc) is 3.15. The molecule has 2 aromatic rings. The minimum Gasteiger partial charge on any atom is -0.497 e. The monoisotopic (exact) mass is 422 g/mol. The summed E-state index contributed by atoms with van der Waals surface area (Å²) in [5.41, 5.74) is 1.71. The van der Waals surface area contributed by atoms with Crippen LogP contribution >= 0.6 is 0 Å². The SMILES string of the molecule is COc1ccc(C2C(C(=O)N3CCCC(C)C3)CC(=O)N2c2ccc(OC)cc2)cc1. The molecular weight excluding hydrogens is 392 g/mol. The summed E-state index contributed by atoms with van der Waals surface area (Å²) in [6.45, 7) is 3.72. The van der Waals surface area contributed by atoms with Crippen LogP contribution in [0.5, 0.6) is 11.5 Å². The van der Waals surface area contributed by atoms with Gasteiger partial charge in [-0.2, -0.15) is 0 Å². The van der Waals surface area contributed by atoms with E-state index in [1.165, 1.54) is 0 Å². The number of methoxy groups -OCH3 is 2. The average molecular weight is 423 g/mol. The number of likely N-dealkylation sites (tertiary alicyclic amines) is 1. The van der Waals surface area contributed by atoms with Gasteiger partial charge in [0.2, 0.25) is 11.8 Å². The predicted molar refractivity (Wildman–Crippen MR) is 119 cm³/mol. The summed E-state index contributed by atoms with van der Waals surface area (Å²) in [6.07, 6.45) is 2.38. The van der Waals surface area contributed by atoms with Crippen LogP contribution in [-0.2, 0) is 9.59 Å². The molecular formula is C25H30N2O4. The van der Waals surface area contributed by atoms with Gasteiger partial charge in [0.25, 0.3) is 0 Å². The van der Waals surface area contributed by atoms with Crippen molar-refractivity contribution in [1.82, 2.24) is 4.90 Å². The number of piperidine rings is 1. The van der Waals surface area contributed by atoms with E-state index in [1.54, 1.807) is 19.1 Å². The summed E-state index contributed by atoms with van der Waals surface area (Å²) in [7, 11) is 3.24. The number of benzene rings is 2. The minimum absolute atomic E-state index is 0.0330. The highest BCUT2D eigenvalue weighted by atomic mass is 16.5. The van der Waals surface area contributed by atoms with Gasteiger partial charge in [0.1, 0.15) is 11.5 Å². The fourth-order valence-electron chi connectivity index (χ4n) is 4.81. The van der Waals surface area contributed by atoms with Crippen molar-refractivity contribution in [1.29, 1.82) is 0 Å². The summed E-state index contributed by atoms with van der Waals surface area (Å²) in [6, 6.07) is 14.8. The maximum absolute atomic E-state index is 13.6. The lowest BCUT2D eigenvalue weighted by Gasteiger charge is -2.35. The number of ether oxygens (including phenoxy) is 2. The number of amides is 2. The molecule has 6 nitrogen and oxygen atoms in total. The number of carbonyl (C=O) groups is 2. The van der Waals surface area contributed by atoms with Crippen molar-refractivity contribution < 1.29 is 19.1 Å². The van der Waals surface area contributed by atoms with Gasteiger partial charge in [0.15, 0.2) is 0 Å². The molecule has 2 aromatic carbocycles. The topological polar surface area (TPSA) is 59.1 Å². The third-order valence-corrected chi connectivity index (χ3v) is 6.42. The third-order valence-electron chi connectivity index (χ3n) is 6.42. The Labute approximate surface area is 183 Å². The standard InChI is InChI=1S/C25H30N2O4/c1-17-5-4-14-26(16-17)25(29)22-15-23(28)27(19-8-12-21(31-3)13-9-19)24(22)18-6-10-20(30-2)11-7-18/h6-13,17,22,24H,4-5,14-16H2,1-3H3. The van der Waals surface area contributed by atoms with Crippen LogP contribution < -0.4 is 14.4 Å². The molecule has 2 fully saturated rings. The highest BCUT2D eigenvalue weighted by molar-refractivity contribution is 6.01. The molecule has 0 aliphatic carbocycles. The lowest BCUT2D eigenvalue weighted by atomic mass is 9.90. The molecule has 4 rings (SSSR count). The van der Waals surface area contributed by atoms with Gasteiger partial charge in [0, 0.05) is 25.2 Å². The lowest BCUT2D eigenvalue weighted by Crippen LogP contribution is -2.44. The molecule has 0 spiro atoms. The highest BCUT2D eigenvalue weighted by Crippen LogP contribution is 2.43. The van der Waals surface area contributed by atoms with Gasteiger partial charge < -0.3 is 19.3 Å². The van der Waals surface area contributed by atoms with Crippen LogP contribution in [0, 0.1) is 11.8 Å². The van der Waals surface area contributed by atoms with E-state index in [1.807, 2.05) is 53.4 Å². The van der Waals surface area contributed by atoms with Gasteiger partial charge >= 0.3 is 0 Å². The van der Waals surface area contributed by atoms with Crippen molar-refractivity contribution in [3.8, 4) is 11.5 Å². The Hall–Kier alpha value is -3.02. The van der Waals surface area contributed by atoms with Crippen molar-refractivity contribution in [3.05, 3.63) is 54.1 Å². The minimum atomic E-state index is -0.409. The zero-order chi connectivity index (χ0) is 22.0. The van der Waals surface area contributed by atoms with Gasteiger partial charge in [0.05, 0.1) is 26.2 Å². The van der Waals surface area contributed by atoms with Crippen molar-refractivity contribution in [2.75, 3.05) is 32.2 Å². The molecule has 0 radical (unpaired) electrons. The van der Waals surface area contributed by atoms with E-state index < -0.39 is 5.92 Å². The molecule has 0 N–H and O–H groups in total. The fraction of sp³-hybridized carbons (Fsp3) is 0.440. The molecule has 2 amide bonds. The molecule has 31 heavy (non-hydrogen) atoms. The number of hydrogen-bond acceptors (Lipinski definition) is 4. The molecule has 0 aromatic heterocycles. The Morgan fingerprint density at radius 1 is 0.968 bits per heavy atom. The molecule has 164 valence electrons. The van der Waals surface area contributed by atoms with E-state index in [9.17, 15) is 9.59 Å². The summed E-state index contributed by atoms with van der Waals surface area (Å²) in [4.78, 5) is 30.5. The van der Waals surface area contributed by atoms with Gasteiger partial charge in [-0.25, -0.2) is 0 Å². The first-order valence-electron chi connectivity index (χ1n) is 10.9. The number of hydrogen-bond donors (Lipinski definition) is 0. The van der Waals surface area contributed by atoms with Crippen LogP contribution in [0.3, 0.4) is 0 Å². The van der Waals surface area contributed by atoms with Gasteiger partial charge in [-0.05, 0) is 60.7 Å². The molecule has 3 unspecified atom stereocenters. The van der Waals surface area contributed by atoms with Gasteiger partial charge in [-0.3, -0.25) is 9.59 Å². The van der Waals surface area contributed by atoms with Gasteiger partial charge in [-0.1, -0.05) is 19.1 Å². The predicted octanol–water partition coefficient (Wildman–Crippen LogP) is 4.06. The smallest absolute Gasteiger partial charge is 0.228 e. The van der Waals surface area contributed by atoms with Crippen molar-refractivity contribution in [2.45, 2.75) is 32.2 Å². The van der Waals surface area contributed by atoms with E-state index >= 15 is 0 Å². The van der Waals surface area contributed by atoms with Crippen LogP contribution in [0.4, 0.5) is 5.69 Å². The van der Waals surface area contributed by atoms with E-state index in [0.717, 1.165) is 48.7 Å². The van der Waals surface area contributed by atoms with Gasteiger partial charge in [-0.15, -0.1) is 0 Å². The number of anilines is 1. The summed E-state index contributed by atoms with van der Waals surface area (Å²) >= 11 is 0. The van der Waals surface area contributed by atoms with E-state index in [0.29, 0.717) is 5.92 Å². The Bertz CT molecular complexity index is 926. The van der Waals surface area contributed by atoms with Crippen LogP contribution in [0.2, 0.25) is 0 Å². The molecule has 2 heterocycles. The van der Waals surface area contributed by atoms with Crippen LogP contribution in [0.15, 0.2) is 48.5 Å². The van der Waals surface area contributed by atoms with E-state index in [2.05, 4.69) is 6.92 Å². The summed E-state index contributed by atoms with van der Waals surface area (Å²) in [5, 5.41) is 0. The Morgan fingerprint density at radius 2 is 1.58 bits per heavy atom. The van der Waals surface area contributed by atoms with Crippen molar-refractivity contribution in [2.24, 2.45) is 11.8 Å². The van der Waals surface area contributed by atoms with Crippen molar-refractivity contribution >= 4 is 17.5 Å². The van der Waals surface area contributed by atoms with E-state index in [-0.39, 0.29) is 24.3 Å². The maximum atomic E-state index is 13.6. The first kappa shape index (κ1) is 21.2. The number of nitrogens with zero attached hydrogens (tertiary/aromatic N) is 2. The third kappa shape index (κ3) is 4.24. The number of rotatable bonds is 5. The molecule has 0 bridgehead atoms. The van der Waals surface area contributed by atoms with Crippen LogP contribution in [-0.4, -0.2) is 44.0 Å². The summed E-state index contributed by atoms with van der Waals surface area (Å²) < 4.78 is 10.6. The first-order valence-corrected chi connectivity index (χ1v) is 10.9.